The topological polar surface area (TPSA) is 138 Å². The van der Waals surface area contributed by atoms with Crippen LogP contribution < -0.4 is 0 Å². The molecule has 10 nitrogen and oxygen atoms in total. The average Bonchev–Trinajstić information content (AvgIpc) is 3.52. The largest absolute Gasteiger partial charge is 0.459 e. The summed E-state index contributed by atoms with van der Waals surface area (Å²) >= 11 is 0. The van der Waals surface area contributed by atoms with E-state index in [1.807, 2.05) is 45.9 Å². The van der Waals surface area contributed by atoms with E-state index in [0.717, 1.165) is 5.57 Å². The number of hydrogen-bond donors (Lipinski definition) is 2. The van der Waals surface area contributed by atoms with Gasteiger partial charge in [0.15, 0.2) is 5.69 Å². The van der Waals surface area contributed by atoms with Crippen LogP contribution in [-0.4, -0.2) is 77.1 Å². The van der Waals surface area contributed by atoms with Crippen molar-refractivity contribution in [3.63, 3.8) is 0 Å². The maximum absolute atomic E-state index is 13.6. The molecular formula is C29H39NO9. The predicted octanol–water partition coefficient (Wildman–Crippen LogP) is 2.70. The zero-order valence-corrected chi connectivity index (χ0v) is 23.1. The molecule has 214 valence electrons. The van der Waals surface area contributed by atoms with Crippen LogP contribution in [0.15, 0.2) is 40.7 Å². The van der Waals surface area contributed by atoms with Gasteiger partial charge in [-0.05, 0) is 25.3 Å². The second-order valence-corrected chi connectivity index (χ2v) is 11.4. The first-order valence-corrected chi connectivity index (χ1v) is 13.9. The van der Waals surface area contributed by atoms with Gasteiger partial charge in [-0.1, -0.05) is 44.2 Å². The van der Waals surface area contributed by atoms with Gasteiger partial charge in [0.1, 0.15) is 30.2 Å². The quantitative estimate of drug-likeness (QED) is 0.389. The Labute approximate surface area is 228 Å². The van der Waals surface area contributed by atoms with Crippen molar-refractivity contribution < 1.29 is 43.3 Å². The molecule has 2 aliphatic carbocycles. The molecule has 1 saturated heterocycles. The summed E-state index contributed by atoms with van der Waals surface area (Å²) in [5.41, 5.74) is -0.146. The van der Waals surface area contributed by atoms with Crippen molar-refractivity contribution in [2.45, 2.75) is 76.7 Å². The first-order chi connectivity index (χ1) is 18.7. The monoisotopic (exact) mass is 545 g/mol. The maximum Gasteiger partial charge on any atom is 0.360 e. The highest BCUT2D eigenvalue weighted by Gasteiger charge is 2.70. The summed E-state index contributed by atoms with van der Waals surface area (Å²) in [6.07, 6.45) is 4.35. The lowest BCUT2D eigenvalue weighted by molar-refractivity contribution is -0.168. The Morgan fingerprint density at radius 1 is 1.28 bits per heavy atom. The van der Waals surface area contributed by atoms with Gasteiger partial charge in [-0.3, -0.25) is 4.79 Å². The van der Waals surface area contributed by atoms with Crippen LogP contribution in [0.3, 0.4) is 0 Å². The van der Waals surface area contributed by atoms with E-state index in [2.05, 4.69) is 5.16 Å². The van der Waals surface area contributed by atoms with E-state index >= 15 is 0 Å². The zero-order valence-electron chi connectivity index (χ0n) is 23.1. The number of aliphatic hydroxyl groups is 2. The van der Waals surface area contributed by atoms with Crippen LogP contribution in [0.1, 0.15) is 51.0 Å². The summed E-state index contributed by atoms with van der Waals surface area (Å²) in [6.45, 7) is 7.82. The number of aromatic nitrogens is 1. The Morgan fingerprint density at radius 3 is 2.69 bits per heavy atom. The second-order valence-electron chi connectivity index (χ2n) is 11.4. The van der Waals surface area contributed by atoms with Crippen LogP contribution in [0.4, 0.5) is 0 Å². The Kier molecular flexibility index (Phi) is 7.76. The van der Waals surface area contributed by atoms with E-state index in [-0.39, 0.29) is 30.1 Å². The van der Waals surface area contributed by atoms with Crippen LogP contribution in [0, 0.1) is 35.5 Å². The van der Waals surface area contributed by atoms with Gasteiger partial charge in [-0.15, -0.1) is 0 Å². The van der Waals surface area contributed by atoms with Crippen LogP contribution in [0.2, 0.25) is 0 Å². The second kappa shape index (κ2) is 10.8. The Bertz CT molecular complexity index is 1120. The van der Waals surface area contributed by atoms with Gasteiger partial charge in [0.05, 0.1) is 24.7 Å². The van der Waals surface area contributed by atoms with Crippen molar-refractivity contribution in [1.29, 1.82) is 0 Å². The molecule has 0 unspecified atom stereocenters. The highest BCUT2D eigenvalue weighted by molar-refractivity contribution is 5.87. The zero-order chi connectivity index (χ0) is 28.1. The molecule has 1 aromatic heterocycles. The molecule has 0 radical (unpaired) electrons. The number of cyclic esters (lactones) is 1. The maximum atomic E-state index is 13.6. The number of hydrogen-bond acceptors (Lipinski definition) is 10. The van der Waals surface area contributed by atoms with Gasteiger partial charge in [0.25, 0.3) is 0 Å². The van der Waals surface area contributed by atoms with Gasteiger partial charge in [-0.2, -0.15) is 0 Å². The first kappa shape index (κ1) is 28.0. The molecular weight excluding hydrogens is 506 g/mol. The molecule has 4 aliphatic rings. The van der Waals surface area contributed by atoms with E-state index in [0.29, 0.717) is 12.8 Å². The van der Waals surface area contributed by atoms with Gasteiger partial charge in [0, 0.05) is 42.8 Å². The molecule has 39 heavy (non-hydrogen) atoms. The molecule has 0 aromatic carbocycles. The number of carbonyl (C=O) groups excluding carboxylic acids is 2. The van der Waals surface area contributed by atoms with Crippen molar-refractivity contribution in [3.8, 4) is 0 Å². The third kappa shape index (κ3) is 4.36. The summed E-state index contributed by atoms with van der Waals surface area (Å²) in [5, 5.41) is 26.4. The number of carbonyl (C=O) groups is 2. The van der Waals surface area contributed by atoms with E-state index in [9.17, 15) is 19.8 Å². The number of rotatable bonds is 7. The minimum absolute atomic E-state index is 0.0250. The Balaban J connectivity index is 1.62. The third-order valence-corrected chi connectivity index (χ3v) is 9.33. The van der Waals surface area contributed by atoms with Crippen molar-refractivity contribution >= 4 is 11.9 Å². The Hall–Kier alpha value is -2.53. The van der Waals surface area contributed by atoms with Crippen molar-refractivity contribution in [2.75, 3.05) is 13.7 Å². The highest BCUT2D eigenvalue weighted by atomic mass is 16.6. The van der Waals surface area contributed by atoms with E-state index in [1.165, 1.54) is 19.4 Å². The summed E-state index contributed by atoms with van der Waals surface area (Å²) in [4.78, 5) is 26.6. The highest BCUT2D eigenvalue weighted by Crippen LogP contribution is 2.62. The molecule has 1 aromatic rings. The van der Waals surface area contributed by atoms with Gasteiger partial charge in [-0.25, -0.2) is 4.79 Å². The summed E-state index contributed by atoms with van der Waals surface area (Å²) in [6, 6.07) is 1.42. The van der Waals surface area contributed by atoms with Crippen LogP contribution in [0.5, 0.6) is 0 Å². The summed E-state index contributed by atoms with van der Waals surface area (Å²) in [7, 11) is 1.54. The number of esters is 2. The molecule has 2 aliphatic heterocycles. The minimum Gasteiger partial charge on any atom is -0.459 e. The molecule has 2 N–H and O–H groups in total. The number of ether oxygens (including phenoxy) is 4. The average molecular weight is 546 g/mol. The minimum atomic E-state index is -1.04. The van der Waals surface area contributed by atoms with Gasteiger partial charge >= 0.3 is 11.9 Å². The standard InChI is InChI=1S/C29H39NO9/c1-6-16-19-9-8-17-22-23(32)18(13-35-5)25(38-28(34)20-10-11-36-30-20)26(17)39-29(19,22)15(4)12-14(3)24(21(31)7-2)37-27(16)33/h8-12,14,16-19,21-26,31-32H,6-7,13H2,1-5H3/b15-12+/t14-,16-,17-,18-,19-,21-,22+,23-,24+,25-,26-,29+/m1/s1. The SMILES string of the molecule is CC[C@@H](O)[C@H]1OC(=O)[C@H](CC)[C@H]2C=C[C@H]3[C@H]4O[C@]2(/C(C)=C/[C@H]1C)[C@@H]3[C@H](O)[C@@H](COC)[C@H]4OC(=O)c1ccon1. The molecule has 10 heteroatoms. The van der Waals surface area contributed by atoms with Crippen molar-refractivity contribution in [1.82, 2.24) is 5.16 Å². The molecule has 1 saturated carbocycles. The first-order valence-electron chi connectivity index (χ1n) is 13.9. The normalized spacial score (nSPS) is 43.3. The van der Waals surface area contributed by atoms with E-state index in [4.69, 9.17) is 23.5 Å². The van der Waals surface area contributed by atoms with Crippen LogP contribution in [0.25, 0.3) is 0 Å². The van der Waals surface area contributed by atoms with E-state index < -0.39 is 65.8 Å². The Morgan fingerprint density at radius 2 is 2.05 bits per heavy atom. The van der Waals surface area contributed by atoms with Crippen molar-refractivity contribution in [2.24, 2.45) is 35.5 Å². The summed E-state index contributed by atoms with van der Waals surface area (Å²) in [5.74, 6) is -3.58. The van der Waals surface area contributed by atoms with E-state index in [1.54, 1.807) is 0 Å². The predicted molar refractivity (Wildman–Crippen MR) is 137 cm³/mol. The molecule has 0 amide bonds. The molecule has 5 rings (SSSR count). The van der Waals surface area contributed by atoms with Gasteiger partial charge in [0.2, 0.25) is 0 Å². The lowest BCUT2D eigenvalue weighted by Crippen LogP contribution is -2.59. The fourth-order valence-corrected chi connectivity index (χ4v) is 7.54. The lowest BCUT2D eigenvalue weighted by atomic mass is 9.56. The molecule has 1 spiro atoms. The smallest absolute Gasteiger partial charge is 0.360 e. The lowest BCUT2D eigenvalue weighted by Gasteiger charge is -2.49. The molecule has 12 atom stereocenters. The number of methoxy groups -OCH3 is 1. The van der Waals surface area contributed by atoms with Crippen LogP contribution in [-0.2, 0) is 23.7 Å². The van der Waals surface area contributed by atoms with Gasteiger partial charge < -0.3 is 33.7 Å². The molecule has 3 heterocycles. The van der Waals surface area contributed by atoms with Crippen LogP contribution >= 0.6 is 0 Å². The molecule has 2 fully saturated rings. The fourth-order valence-electron chi connectivity index (χ4n) is 7.54. The number of aliphatic hydroxyl groups excluding tert-OH is 2. The summed E-state index contributed by atoms with van der Waals surface area (Å²) < 4.78 is 29.2. The molecule has 4 bridgehead atoms. The third-order valence-electron chi connectivity index (χ3n) is 9.33. The fraction of sp³-hybridized carbons (Fsp3) is 0.690. The van der Waals surface area contributed by atoms with Crippen molar-refractivity contribution in [3.05, 3.63) is 41.8 Å². The number of nitrogens with zero attached hydrogens (tertiary/aromatic N) is 1.